The van der Waals surface area contributed by atoms with Crippen molar-refractivity contribution in [2.24, 2.45) is 0 Å². The van der Waals surface area contributed by atoms with Gasteiger partial charge in [-0.05, 0) is 35.4 Å². The lowest BCUT2D eigenvalue weighted by Gasteiger charge is -2.11. The van der Waals surface area contributed by atoms with Crippen LogP contribution in [0.2, 0.25) is 0 Å². The number of nitrogens with one attached hydrogen (secondary N) is 1. The molecule has 3 aromatic rings. The number of hydrogen-bond donors (Lipinski definition) is 1. The molecule has 0 radical (unpaired) electrons. The predicted molar refractivity (Wildman–Crippen MR) is 99.6 cm³/mol. The predicted octanol–water partition coefficient (Wildman–Crippen LogP) is 5.41. The molecule has 6 nitrogen and oxygen atoms in total. The van der Waals surface area contributed by atoms with E-state index in [1.807, 2.05) is 30.3 Å². The van der Waals surface area contributed by atoms with Gasteiger partial charge in [-0.1, -0.05) is 42.5 Å². The monoisotopic (exact) mass is 402 g/mol. The molecule has 0 unspecified atom stereocenters. The first kappa shape index (κ1) is 19.9. The number of carbonyl (C=O) groups excluding carboxylic acids is 1. The van der Waals surface area contributed by atoms with Crippen molar-refractivity contribution in [3.63, 3.8) is 0 Å². The van der Waals surface area contributed by atoms with Gasteiger partial charge < -0.3 is 10.1 Å². The number of halogens is 3. The summed E-state index contributed by atoms with van der Waals surface area (Å²) in [6.45, 7) is 0. The zero-order valence-electron chi connectivity index (χ0n) is 14.6. The molecule has 0 heterocycles. The van der Waals surface area contributed by atoms with Crippen LogP contribution in [0.1, 0.15) is 10.4 Å². The molecule has 0 saturated carbocycles. The molecule has 1 amide bonds. The van der Waals surface area contributed by atoms with Crippen molar-refractivity contribution in [2.45, 2.75) is 6.36 Å². The van der Waals surface area contributed by atoms with Gasteiger partial charge in [-0.3, -0.25) is 14.9 Å². The Morgan fingerprint density at radius 2 is 1.55 bits per heavy atom. The summed E-state index contributed by atoms with van der Waals surface area (Å²) >= 11 is 0. The number of carbonyl (C=O) groups is 1. The smallest absolute Gasteiger partial charge is 0.398 e. The summed E-state index contributed by atoms with van der Waals surface area (Å²) in [5.41, 5.74) is 1.19. The molecule has 3 rings (SSSR count). The van der Waals surface area contributed by atoms with Gasteiger partial charge in [0.25, 0.3) is 5.91 Å². The summed E-state index contributed by atoms with van der Waals surface area (Å²) in [6.07, 6.45) is -5.07. The third-order valence-electron chi connectivity index (χ3n) is 3.89. The van der Waals surface area contributed by atoms with E-state index in [0.29, 0.717) is 0 Å². The van der Waals surface area contributed by atoms with Crippen molar-refractivity contribution in [1.29, 1.82) is 0 Å². The Labute approximate surface area is 162 Å². The maximum atomic E-state index is 12.4. The van der Waals surface area contributed by atoms with Gasteiger partial charge in [-0.15, -0.1) is 13.2 Å². The largest absolute Gasteiger partial charge is 0.573 e. The molecular weight excluding hydrogens is 389 g/mol. The van der Waals surface area contributed by atoms with Crippen molar-refractivity contribution >= 4 is 17.3 Å². The van der Waals surface area contributed by atoms with Crippen molar-refractivity contribution in [2.75, 3.05) is 5.32 Å². The van der Waals surface area contributed by atoms with Crippen molar-refractivity contribution in [3.05, 3.63) is 88.5 Å². The zero-order valence-corrected chi connectivity index (χ0v) is 14.6. The lowest BCUT2D eigenvalue weighted by molar-refractivity contribution is -0.388. The highest BCUT2D eigenvalue weighted by Gasteiger charge is 2.34. The molecule has 0 aliphatic rings. The second-order valence-electron chi connectivity index (χ2n) is 5.88. The second-order valence-corrected chi connectivity index (χ2v) is 5.88. The van der Waals surface area contributed by atoms with Crippen LogP contribution in [0.25, 0.3) is 11.1 Å². The minimum atomic E-state index is -5.07. The molecule has 0 fully saturated rings. The topological polar surface area (TPSA) is 81.5 Å². The van der Waals surface area contributed by atoms with Crippen LogP contribution >= 0.6 is 0 Å². The van der Waals surface area contributed by atoms with Crippen LogP contribution in [-0.4, -0.2) is 17.2 Å². The van der Waals surface area contributed by atoms with Crippen LogP contribution in [0.3, 0.4) is 0 Å². The molecule has 0 saturated heterocycles. The summed E-state index contributed by atoms with van der Waals surface area (Å²) in [5.74, 6) is -1.53. The number of nitro groups is 1. The molecule has 9 heteroatoms. The Kier molecular flexibility index (Phi) is 5.49. The van der Waals surface area contributed by atoms with E-state index in [9.17, 15) is 28.1 Å². The number of amides is 1. The molecule has 29 heavy (non-hydrogen) atoms. The van der Waals surface area contributed by atoms with E-state index in [0.717, 1.165) is 29.3 Å². The van der Waals surface area contributed by atoms with Crippen molar-refractivity contribution in [3.8, 4) is 16.9 Å². The van der Waals surface area contributed by atoms with Crippen LogP contribution in [0, 0.1) is 10.1 Å². The molecule has 0 spiro atoms. The number of rotatable bonds is 5. The van der Waals surface area contributed by atoms with Gasteiger partial charge in [0.2, 0.25) is 5.75 Å². The Hall–Kier alpha value is -3.88. The van der Waals surface area contributed by atoms with Gasteiger partial charge in [-0.2, -0.15) is 0 Å². The minimum absolute atomic E-state index is 0.0386. The molecule has 0 bridgehead atoms. The quantitative estimate of drug-likeness (QED) is 0.457. The number of alkyl halides is 3. The summed E-state index contributed by atoms with van der Waals surface area (Å²) in [5, 5.41) is 13.5. The van der Waals surface area contributed by atoms with Crippen molar-refractivity contribution < 1.29 is 27.6 Å². The molecular formula is C20H13F3N2O4. The minimum Gasteiger partial charge on any atom is -0.398 e. The number of nitrogens with zero attached hydrogens (tertiary/aromatic N) is 1. The molecule has 0 aliphatic carbocycles. The van der Waals surface area contributed by atoms with E-state index in [-0.39, 0.29) is 11.3 Å². The van der Waals surface area contributed by atoms with E-state index in [2.05, 4.69) is 10.1 Å². The summed E-state index contributed by atoms with van der Waals surface area (Å²) in [7, 11) is 0. The first-order valence-electron chi connectivity index (χ1n) is 8.24. The first-order chi connectivity index (χ1) is 13.7. The molecule has 3 aromatic carbocycles. The maximum absolute atomic E-state index is 12.4. The van der Waals surface area contributed by atoms with Crippen LogP contribution in [0.15, 0.2) is 72.8 Å². The Bertz CT molecular complexity index is 1040. The van der Waals surface area contributed by atoms with E-state index in [4.69, 9.17) is 0 Å². The Balaban J connectivity index is 1.78. The summed E-state index contributed by atoms with van der Waals surface area (Å²) < 4.78 is 40.7. The van der Waals surface area contributed by atoms with Crippen LogP contribution in [0.5, 0.6) is 5.75 Å². The summed E-state index contributed by atoms with van der Waals surface area (Å²) in [6, 6.07) is 18.8. The Morgan fingerprint density at radius 3 is 2.14 bits per heavy atom. The van der Waals surface area contributed by atoms with Gasteiger partial charge in [0.1, 0.15) is 0 Å². The van der Waals surface area contributed by atoms with Gasteiger partial charge in [0, 0.05) is 17.3 Å². The zero-order chi connectivity index (χ0) is 21.0. The highest BCUT2D eigenvalue weighted by Crippen LogP contribution is 2.34. The standard InChI is InChI=1S/C20H13F3N2O4/c21-20(22,23)29-18-11-10-16(12-17(18)25(27)28)24-19(26)15-8-6-14(7-9-15)13-4-2-1-3-5-13/h1-12H,(H,24,26). The SMILES string of the molecule is O=C(Nc1ccc(OC(F)(F)F)c([N+](=O)[O-])c1)c1ccc(-c2ccccc2)cc1. The van der Waals surface area contributed by atoms with Gasteiger partial charge in [0.05, 0.1) is 4.92 Å². The first-order valence-corrected chi connectivity index (χ1v) is 8.24. The number of hydrogen-bond acceptors (Lipinski definition) is 4. The lowest BCUT2D eigenvalue weighted by atomic mass is 10.0. The highest BCUT2D eigenvalue weighted by molar-refractivity contribution is 6.04. The van der Waals surface area contributed by atoms with E-state index >= 15 is 0 Å². The van der Waals surface area contributed by atoms with Crippen LogP contribution in [0.4, 0.5) is 24.5 Å². The number of ether oxygens (including phenoxy) is 1. The van der Waals surface area contributed by atoms with Gasteiger partial charge >= 0.3 is 12.0 Å². The van der Waals surface area contributed by atoms with E-state index in [1.54, 1.807) is 24.3 Å². The molecule has 0 aliphatic heterocycles. The Morgan fingerprint density at radius 1 is 0.931 bits per heavy atom. The third kappa shape index (κ3) is 5.10. The van der Waals surface area contributed by atoms with E-state index in [1.165, 1.54) is 0 Å². The van der Waals surface area contributed by atoms with Crippen LogP contribution < -0.4 is 10.1 Å². The average Bonchev–Trinajstić information content (AvgIpc) is 2.68. The lowest BCUT2D eigenvalue weighted by Crippen LogP contribution is -2.18. The van der Waals surface area contributed by atoms with Gasteiger partial charge in [-0.25, -0.2) is 0 Å². The average molecular weight is 402 g/mol. The fourth-order valence-corrected chi connectivity index (χ4v) is 2.60. The fraction of sp³-hybridized carbons (Fsp3) is 0.0500. The second kappa shape index (κ2) is 8.01. The number of nitro benzene ring substituents is 1. The van der Waals surface area contributed by atoms with Crippen molar-refractivity contribution in [1.82, 2.24) is 0 Å². The number of benzene rings is 3. The maximum Gasteiger partial charge on any atom is 0.573 e. The fourth-order valence-electron chi connectivity index (χ4n) is 2.60. The molecule has 0 atom stereocenters. The summed E-state index contributed by atoms with van der Waals surface area (Å²) in [4.78, 5) is 22.4. The molecule has 148 valence electrons. The number of anilines is 1. The van der Waals surface area contributed by atoms with Crippen LogP contribution in [-0.2, 0) is 0 Å². The molecule has 1 N–H and O–H groups in total. The van der Waals surface area contributed by atoms with Gasteiger partial charge in [0.15, 0.2) is 0 Å². The third-order valence-corrected chi connectivity index (χ3v) is 3.89. The van der Waals surface area contributed by atoms with E-state index < -0.39 is 28.6 Å². The molecule has 0 aromatic heterocycles. The highest BCUT2D eigenvalue weighted by atomic mass is 19.4. The normalized spacial score (nSPS) is 11.0.